The summed E-state index contributed by atoms with van der Waals surface area (Å²) in [4.78, 5) is 22.4. The van der Waals surface area contributed by atoms with Crippen LogP contribution in [-0.2, 0) is 4.74 Å². The summed E-state index contributed by atoms with van der Waals surface area (Å²) in [6.45, 7) is 0. The fourth-order valence-electron chi connectivity index (χ4n) is 1.56. The predicted octanol–water partition coefficient (Wildman–Crippen LogP) is 1.75. The molecule has 0 spiro atoms. The van der Waals surface area contributed by atoms with Gasteiger partial charge in [0.1, 0.15) is 11.3 Å². The number of nitrogens with zero attached hydrogens (tertiary/aromatic N) is 2. The zero-order chi connectivity index (χ0) is 14.0. The minimum absolute atomic E-state index is 0.0535. The van der Waals surface area contributed by atoms with E-state index in [1.165, 1.54) is 6.07 Å². The van der Waals surface area contributed by atoms with E-state index >= 15 is 0 Å². The molecule has 0 unspecified atom stereocenters. The number of hydrogen-bond donors (Lipinski definition) is 0. The molecule has 0 aliphatic carbocycles. The molecule has 0 bridgehead atoms. The van der Waals surface area contributed by atoms with Crippen molar-refractivity contribution in [1.29, 1.82) is 0 Å². The van der Waals surface area contributed by atoms with Crippen molar-refractivity contribution < 1.29 is 23.1 Å². The van der Waals surface area contributed by atoms with Gasteiger partial charge in [-0.05, 0) is 12.1 Å². The molecule has 1 heterocycles. The SMILES string of the molecule is COC(=O)c1cnn(-c2ccc(F)c(F)c2)c1C=O. The number of hydrogen-bond acceptors (Lipinski definition) is 4. The second-order valence-corrected chi connectivity index (χ2v) is 3.56. The third kappa shape index (κ3) is 2.22. The normalized spacial score (nSPS) is 10.3. The number of halogens is 2. The molecule has 7 heteroatoms. The van der Waals surface area contributed by atoms with Crippen LogP contribution in [0, 0.1) is 11.6 Å². The summed E-state index contributed by atoms with van der Waals surface area (Å²) in [5.74, 6) is -2.84. The number of esters is 1. The molecule has 2 rings (SSSR count). The smallest absolute Gasteiger partial charge is 0.341 e. The van der Waals surface area contributed by atoms with Gasteiger partial charge < -0.3 is 4.74 Å². The Morgan fingerprint density at radius 3 is 2.68 bits per heavy atom. The number of carbonyl (C=O) groups is 2. The van der Waals surface area contributed by atoms with Gasteiger partial charge in [0.25, 0.3) is 0 Å². The van der Waals surface area contributed by atoms with Crippen molar-refractivity contribution in [3.05, 3.63) is 47.3 Å². The molecule has 5 nitrogen and oxygen atoms in total. The van der Waals surface area contributed by atoms with Crippen LogP contribution in [0.2, 0.25) is 0 Å². The first-order valence-corrected chi connectivity index (χ1v) is 5.15. The number of rotatable bonds is 3. The van der Waals surface area contributed by atoms with Gasteiger partial charge in [0.05, 0.1) is 19.0 Å². The van der Waals surface area contributed by atoms with Crippen LogP contribution in [-0.4, -0.2) is 29.1 Å². The summed E-state index contributed by atoms with van der Waals surface area (Å²) in [5.41, 5.74) is -0.0313. The molecule has 2 aromatic rings. The van der Waals surface area contributed by atoms with E-state index in [9.17, 15) is 18.4 Å². The van der Waals surface area contributed by atoms with Crippen LogP contribution >= 0.6 is 0 Å². The highest BCUT2D eigenvalue weighted by Gasteiger charge is 2.19. The average molecular weight is 266 g/mol. The predicted molar refractivity (Wildman–Crippen MR) is 60.2 cm³/mol. The van der Waals surface area contributed by atoms with E-state index in [0.29, 0.717) is 6.29 Å². The lowest BCUT2D eigenvalue weighted by atomic mass is 10.2. The van der Waals surface area contributed by atoms with Crippen LogP contribution in [0.4, 0.5) is 8.78 Å². The van der Waals surface area contributed by atoms with Gasteiger partial charge in [-0.1, -0.05) is 0 Å². The summed E-state index contributed by atoms with van der Waals surface area (Å²) >= 11 is 0. The summed E-state index contributed by atoms with van der Waals surface area (Å²) in [5, 5.41) is 3.79. The number of ether oxygens (including phenoxy) is 1. The quantitative estimate of drug-likeness (QED) is 0.627. The lowest BCUT2D eigenvalue weighted by Gasteiger charge is -2.04. The number of carbonyl (C=O) groups excluding carboxylic acids is 2. The zero-order valence-corrected chi connectivity index (χ0v) is 9.76. The largest absolute Gasteiger partial charge is 0.465 e. The Labute approximate surface area is 106 Å². The highest BCUT2D eigenvalue weighted by molar-refractivity contribution is 5.97. The van der Waals surface area contributed by atoms with Crippen LogP contribution in [0.1, 0.15) is 20.8 Å². The van der Waals surface area contributed by atoms with E-state index in [-0.39, 0.29) is 16.9 Å². The minimum atomic E-state index is -1.08. The second-order valence-electron chi connectivity index (χ2n) is 3.56. The van der Waals surface area contributed by atoms with Crippen LogP contribution in [0.5, 0.6) is 0 Å². The molecule has 0 fully saturated rings. The van der Waals surface area contributed by atoms with E-state index in [0.717, 1.165) is 30.1 Å². The Balaban J connectivity index is 2.56. The van der Waals surface area contributed by atoms with Gasteiger partial charge >= 0.3 is 5.97 Å². The van der Waals surface area contributed by atoms with Gasteiger partial charge in [-0.15, -0.1) is 0 Å². The van der Waals surface area contributed by atoms with Crippen LogP contribution < -0.4 is 0 Å². The van der Waals surface area contributed by atoms with Crippen molar-refractivity contribution in [2.24, 2.45) is 0 Å². The highest BCUT2D eigenvalue weighted by Crippen LogP contribution is 2.16. The Morgan fingerprint density at radius 1 is 1.37 bits per heavy atom. The molecule has 0 atom stereocenters. The van der Waals surface area contributed by atoms with Gasteiger partial charge in [0.2, 0.25) is 0 Å². The highest BCUT2D eigenvalue weighted by atomic mass is 19.2. The lowest BCUT2D eigenvalue weighted by molar-refractivity contribution is 0.0598. The molecule has 19 heavy (non-hydrogen) atoms. The molecule has 1 aromatic carbocycles. The maximum Gasteiger partial charge on any atom is 0.341 e. The molecule has 0 radical (unpaired) electrons. The molecule has 1 aromatic heterocycles. The number of aldehydes is 1. The third-order valence-electron chi connectivity index (χ3n) is 2.47. The first-order valence-electron chi connectivity index (χ1n) is 5.15. The Morgan fingerprint density at radius 2 is 2.11 bits per heavy atom. The van der Waals surface area contributed by atoms with Gasteiger partial charge in [-0.25, -0.2) is 18.3 Å². The van der Waals surface area contributed by atoms with E-state index in [2.05, 4.69) is 9.84 Å². The van der Waals surface area contributed by atoms with Crippen LogP contribution in [0.3, 0.4) is 0 Å². The zero-order valence-electron chi connectivity index (χ0n) is 9.76. The van der Waals surface area contributed by atoms with Crippen molar-refractivity contribution in [1.82, 2.24) is 9.78 Å². The van der Waals surface area contributed by atoms with E-state index in [1.807, 2.05) is 0 Å². The van der Waals surface area contributed by atoms with Crippen molar-refractivity contribution in [2.45, 2.75) is 0 Å². The number of aromatic nitrogens is 2. The standard InChI is InChI=1S/C12H8F2N2O3/c1-19-12(18)8-5-15-16(11(8)6-17)7-2-3-9(13)10(14)4-7/h2-6H,1H3. The maximum atomic E-state index is 13.1. The first kappa shape index (κ1) is 12.9. The summed E-state index contributed by atoms with van der Waals surface area (Å²) < 4.78 is 31.5. The van der Waals surface area contributed by atoms with Crippen LogP contribution in [0.15, 0.2) is 24.4 Å². The van der Waals surface area contributed by atoms with Gasteiger partial charge in [0.15, 0.2) is 17.9 Å². The Bertz CT molecular complexity index is 652. The topological polar surface area (TPSA) is 61.2 Å². The number of methoxy groups -OCH3 is 1. The molecular formula is C12H8F2N2O3. The fourth-order valence-corrected chi connectivity index (χ4v) is 1.56. The Kier molecular flexibility index (Phi) is 3.37. The fraction of sp³-hybridized carbons (Fsp3) is 0.0833. The van der Waals surface area contributed by atoms with E-state index in [1.54, 1.807) is 0 Å². The van der Waals surface area contributed by atoms with Gasteiger partial charge in [-0.2, -0.15) is 5.10 Å². The molecular weight excluding hydrogens is 258 g/mol. The second kappa shape index (κ2) is 4.97. The molecule has 0 N–H and O–H groups in total. The third-order valence-corrected chi connectivity index (χ3v) is 2.47. The van der Waals surface area contributed by atoms with E-state index < -0.39 is 17.6 Å². The molecule has 0 aliphatic rings. The van der Waals surface area contributed by atoms with Crippen molar-refractivity contribution in [2.75, 3.05) is 7.11 Å². The lowest BCUT2D eigenvalue weighted by Crippen LogP contribution is -2.07. The van der Waals surface area contributed by atoms with Crippen molar-refractivity contribution in [3.8, 4) is 5.69 Å². The Hall–Kier alpha value is -2.57. The summed E-state index contributed by atoms with van der Waals surface area (Å²) in [6, 6.07) is 3.01. The average Bonchev–Trinajstić information content (AvgIpc) is 2.84. The maximum absolute atomic E-state index is 13.1. The van der Waals surface area contributed by atoms with Crippen molar-refractivity contribution in [3.63, 3.8) is 0 Å². The van der Waals surface area contributed by atoms with Crippen LogP contribution in [0.25, 0.3) is 5.69 Å². The molecule has 0 saturated heterocycles. The van der Waals surface area contributed by atoms with Gasteiger partial charge in [-0.3, -0.25) is 4.79 Å². The molecule has 0 saturated carbocycles. The first-order chi connectivity index (χ1) is 9.08. The molecule has 98 valence electrons. The van der Waals surface area contributed by atoms with E-state index in [4.69, 9.17) is 0 Å². The summed E-state index contributed by atoms with van der Waals surface area (Å²) in [6.07, 6.45) is 1.51. The molecule has 0 aliphatic heterocycles. The monoisotopic (exact) mass is 266 g/mol. The van der Waals surface area contributed by atoms with Crippen molar-refractivity contribution >= 4 is 12.3 Å². The summed E-state index contributed by atoms with van der Waals surface area (Å²) in [7, 11) is 1.16. The minimum Gasteiger partial charge on any atom is -0.465 e. The number of benzene rings is 1. The van der Waals surface area contributed by atoms with Gasteiger partial charge in [0, 0.05) is 6.07 Å². The molecule has 0 amide bonds.